The van der Waals surface area contributed by atoms with Crippen molar-refractivity contribution in [1.82, 2.24) is 9.80 Å². The smallest absolute Gasteiger partial charge is 0.254 e. The van der Waals surface area contributed by atoms with Crippen LogP contribution in [0, 0.1) is 12.8 Å². The standard InChI is InChI=1S/C28H32N2O3/c1-20(2)17-30(28(32)26-10-6-8-22-7-4-5-9-25(22)26)19-24-18-29(15-16-33-24)27(31)23-13-11-21(3)12-14-23/h4-14,20,24H,15-19H2,1-3H3/t24-/m1/s1. The minimum absolute atomic E-state index is 0.00563. The zero-order chi connectivity index (χ0) is 23.4. The summed E-state index contributed by atoms with van der Waals surface area (Å²) in [5.41, 5.74) is 2.52. The van der Waals surface area contributed by atoms with E-state index in [0.29, 0.717) is 49.8 Å². The molecule has 1 saturated heterocycles. The van der Waals surface area contributed by atoms with Crippen LogP contribution >= 0.6 is 0 Å². The minimum Gasteiger partial charge on any atom is -0.373 e. The van der Waals surface area contributed by atoms with E-state index in [1.807, 2.05) is 83.5 Å². The number of benzene rings is 3. The van der Waals surface area contributed by atoms with Crippen LogP contribution < -0.4 is 0 Å². The number of hydrogen-bond donors (Lipinski definition) is 0. The lowest BCUT2D eigenvalue weighted by Crippen LogP contribution is -2.51. The van der Waals surface area contributed by atoms with Crippen molar-refractivity contribution in [3.63, 3.8) is 0 Å². The van der Waals surface area contributed by atoms with Gasteiger partial charge in [0.05, 0.1) is 12.7 Å². The van der Waals surface area contributed by atoms with Crippen molar-refractivity contribution < 1.29 is 14.3 Å². The lowest BCUT2D eigenvalue weighted by molar-refractivity contribution is -0.0339. The molecule has 0 aliphatic carbocycles. The highest BCUT2D eigenvalue weighted by Crippen LogP contribution is 2.21. The van der Waals surface area contributed by atoms with Gasteiger partial charge in [0.25, 0.3) is 11.8 Å². The molecule has 0 N–H and O–H groups in total. The predicted molar refractivity (Wildman–Crippen MR) is 132 cm³/mol. The second-order valence-corrected chi connectivity index (χ2v) is 9.24. The summed E-state index contributed by atoms with van der Waals surface area (Å²) in [5, 5.41) is 2.01. The molecule has 172 valence electrons. The van der Waals surface area contributed by atoms with Crippen LogP contribution in [-0.2, 0) is 4.74 Å². The molecule has 0 radical (unpaired) electrons. The van der Waals surface area contributed by atoms with E-state index >= 15 is 0 Å². The van der Waals surface area contributed by atoms with Gasteiger partial charge < -0.3 is 14.5 Å². The van der Waals surface area contributed by atoms with Gasteiger partial charge in [-0.15, -0.1) is 0 Å². The van der Waals surface area contributed by atoms with Crippen LogP contribution in [0.15, 0.2) is 66.7 Å². The van der Waals surface area contributed by atoms with Crippen molar-refractivity contribution >= 4 is 22.6 Å². The zero-order valence-corrected chi connectivity index (χ0v) is 19.7. The summed E-state index contributed by atoms with van der Waals surface area (Å²) in [5.74, 6) is 0.336. The third-order valence-corrected chi connectivity index (χ3v) is 6.04. The van der Waals surface area contributed by atoms with Crippen molar-refractivity contribution in [2.24, 2.45) is 5.92 Å². The van der Waals surface area contributed by atoms with Gasteiger partial charge in [-0.25, -0.2) is 0 Å². The van der Waals surface area contributed by atoms with Gasteiger partial charge in [0.2, 0.25) is 0 Å². The molecule has 3 aromatic rings. The van der Waals surface area contributed by atoms with Gasteiger partial charge >= 0.3 is 0 Å². The Morgan fingerprint density at radius 3 is 2.52 bits per heavy atom. The minimum atomic E-state index is -0.217. The largest absolute Gasteiger partial charge is 0.373 e. The summed E-state index contributed by atoms with van der Waals surface area (Å²) in [6.45, 7) is 8.83. The molecule has 0 saturated carbocycles. The summed E-state index contributed by atoms with van der Waals surface area (Å²) in [6.07, 6.45) is -0.217. The van der Waals surface area contributed by atoms with Gasteiger partial charge in [-0.3, -0.25) is 9.59 Å². The molecule has 0 bridgehead atoms. The fourth-order valence-corrected chi connectivity index (χ4v) is 4.40. The van der Waals surface area contributed by atoms with Gasteiger partial charge in [0.1, 0.15) is 0 Å². The van der Waals surface area contributed by atoms with E-state index in [0.717, 1.165) is 16.3 Å². The van der Waals surface area contributed by atoms with Gasteiger partial charge in [-0.1, -0.05) is 67.9 Å². The van der Waals surface area contributed by atoms with Crippen LogP contribution in [-0.4, -0.2) is 60.5 Å². The highest BCUT2D eigenvalue weighted by atomic mass is 16.5. The van der Waals surface area contributed by atoms with Crippen LogP contribution in [0.3, 0.4) is 0 Å². The fourth-order valence-electron chi connectivity index (χ4n) is 4.40. The first-order valence-corrected chi connectivity index (χ1v) is 11.7. The average Bonchev–Trinajstić information content (AvgIpc) is 2.83. The Balaban J connectivity index is 1.51. The Labute approximate surface area is 195 Å². The second kappa shape index (κ2) is 10.2. The molecule has 33 heavy (non-hydrogen) atoms. The molecular weight excluding hydrogens is 412 g/mol. The third kappa shape index (κ3) is 5.42. The first kappa shape index (κ1) is 23.0. The Kier molecular flexibility index (Phi) is 7.09. The molecule has 5 nitrogen and oxygen atoms in total. The van der Waals surface area contributed by atoms with Crippen molar-refractivity contribution in [2.45, 2.75) is 26.9 Å². The first-order valence-electron chi connectivity index (χ1n) is 11.7. The number of carbonyl (C=O) groups excluding carboxylic acids is 2. The van der Waals surface area contributed by atoms with E-state index in [1.165, 1.54) is 0 Å². The molecule has 3 aromatic carbocycles. The molecule has 0 spiro atoms. The van der Waals surface area contributed by atoms with Gasteiger partial charge in [0.15, 0.2) is 0 Å². The lowest BCUT2D eigenvalue weighted by Gasteiger charge is -2.36. The number of aryl methyl sites for hydroxylation is 1. The molecule has 1 fully saturated rings. The lowest BCUT2D eigenvalue weighted by atomic mass is 10.0. The van der Waals surface area contributed by atoms with E-state index in [2.05, 4.69) is 13.8 Å². The Hall–Kier alpha value is -3.18. The van der Waals surface area contributed by atoms with E-state index in [9.17, 15) is 9.59 Å². The number of morpholine rings is 1. The van der Waals surface area contributed by atoms with Gasteiger partial charge in [-0.05, 0) is 41.8 Å². The molecule has 1 heterocycles. The third-order valence-electron chi connectivity index (χ3n) is 6.04. The van der Waals surface area contributed by atoms with Crippen molar-refractivity contribution in [3.05, 3.63) is 83.4 Å². The van der Waals surface area contributed by atoms with Crippen LogP contribution in [0.5, 0.6) is 0 Å². The Morgan fingerprint density at radius 1 is 1.03 bits per heavy atom. The van der Waals surface area contributed by atoms with Gasteiger partial charge in [-0.2, -0.15) is 0 Å². The molecule has 4 rings (SSSR count). The Morgan fingerprint density at radius 2 is 1.76 bits per heavy atom. The molecule has 5 heteroatoms. The van der Waals surface area contributed by atoms with E-state index < -0.39 is 0 Å². The molecule has 1 atom stereocenters. The van der Waals surface area contributed by atoms with Crippen molar-refractivity contribution in [1.29, 1.82) is 0 Å². The highest BCUT2D eigenvalue weighted by molar-refractivity contribution is 6.07. The SMILES string of the molecule is Cc1ccc(C(=O)N2CCO[C@@H](CN(CC(C)C)C(=O)c3cccc4ccccc34)C2)cc1. The van der Waals surface area contributed by atoms with Crippen LogP contribution in [0.2, 0.25) is 0 Å². The second-order valence-electron chi connectivity index (χ2n) is 9.24. The zero-order valence-electron chi connectivity index (χ0n) is 19.7. The molecule has 1 aliphatic heterocycles. The number of carbonyl (C=O) groups is 2. The molecule has 2 amide bonds. The van der Waals surface area contributed by atoms with Gasteiger partial charge in [0, 0.05) is 37.3 Å². The van der Waals surface area contributed by atoms with E-state index in [4.69, 9.17) is 4.74 Å². The highest BCUT2D eigenvalue weighted by Gasteiger charge is 2.29. The first-order chi connectivity index (χ1) is 15.9. The van der Waals surface area contributed by atoms with E-state index in [1.54, 1.807) is 0 Å². The normalized spacial score (nSPS) is 16.2. The number of fused-ring (bicyclic) bond motifs is 1. The summed E-state index contributed by atoms with van der Waals surface area (Å²) in [4.78, 5) is 30.4. The maximum atomic E-state index is 13.6. The van der Waals surface area contributed by atoms with Crippen molar-refractivity contribution in [2.75, 3.05) is 32.8 Å². The van der Waals surface area contributed by atoms with Crippen molar-refractivity contribution in [3.8, 4) is 0 Å². The molecule has 0 unspecified atom stereocenters. The predicted octanol–water partition coefficient (Wildman–Crippen LogP) is 4.79. The fraction of sp³-hybridized carbons (Fsp3) is 0.357. The molecule has 1 aliphatic rings. The number of nitrogens with zero attached hydrogens (tertiary/aromatic N) is 2. The number of ether oxygens (including phenoxy) is 1. The summed E-state index contributed by atoms with van der Waals surface area (Å²) >= 11 is 0. The summed E-state index contributed by atoms with van der Waals surface area (Å²) in [6, 6.07) is 21.5. The Bertz CT molecular complexity index is 1120. The monoisotopic (exact) mass is 444 g/mol. The molecule has 0 aromatic heterocycles. The summed E-state index contributed by atoms with van der Waals surface area (Å²) in [7, 11) is 0. The number of amides is 2. The number of hydrogen-bond acceptors (Lipinski definition) is 3. The maximum Gasteiger partial charge on any atom is 0.254 e. The summed E-state index contributed by atoms with van der Waals surface area (Å²) < 4.78 is 6.01. The topological polar surface area (TPSA) is 49.9 Å². The maximum absolute atomic E-state index is 13.6. The van der Waals surface area contributed by atoms with Crippen LogP contribution in [0.1, 0.15) is 40.1 Å². The molecular formula is C28H32N2O3. The van der Waals surface area contributed by atoms with Crippen LogP contribution in [0.4, 0.5) is 0 Å². The van der Waals surface area contributed by atoms with E-state index in [-0.39, 0.29) is 17.9 Å². The average molecular weight is 445 g/mol. The quantitative estimate of drug-likeness (QED) is 0.549. The number of rotatable bonds is 6. The van der Waals surface area contributed by atoms with Crippen LogP contribution in [0.25, 0.3) is 10.8 Å².